The average Bonchev–Trinajstić information content (AvgIpc) is 2.71. The molecule has 3 nitrogen and oxygen atoms in total. The Kier molecular flexibility index (Phi) is 3.12. The van der Waals surface area contributed by atoms with Gasteiger partial charge < -0.3 is 14.3 Å². The SMILES string of the molecule is CC1(CCC=O)CCCCC12OCCO2. The Labute approximate surface area is 91.1 Å². The lowest BCUT2D eigenvalue weighted by Crippen LogP contribution is -2.49. The largest absolute Gasteiger partial charge is 0.347 e. The van der Waals surface area contributed by atoms with E-state index in [0.29, 0.717) is 19.6 Å². The molecule has 0 aromatic carbocycles. The van der Waals surface area contributed by atoms with Crippen molar-refractivity contribution in [1.82, 2.24) is 0 Å². The Morgan fingerprint density at radius 2 is 1.87 bits per heavy atom. The Bertz CT molecular complexity index is 233. The molecule has 0 N–H and O–H groups in total. The van der Waals surface area contributed by atoms with Crippen molar-refractivity contribution in [2.75, 3.05) is 13.2 Å². The summed E-state index contributed by atoms with van der Waals surface area (Å²) in [5.74, 6) is -0.381. The van der Waals surface area contributed by atoms with Crippen LogP contribution in [0.25, 0.3) is 0 Å². The fourth-order valence-electron chi connectivity index (χ4n) is 3.01. The maximum absolute atomic E-state index is 10.5. The molecule has 15 heavy (non-hydrogen) atoms. The van der Waals surface area contributed by atoms with Gasteiger partial charge in [-0.05, 0) is 19.3 Å². The van der Waals surface area contributed by atoms with Crippen LogP contribution in [0.1, 0.15) is 45.4 Å². The molecule has 0 bridgehead atoms. The van der Waals surface area contributed by atoms with Crippen LogP contribution in [0.2, 0.25) is 0 Å². The third kappa shape index (κ3) is 1.83. The van der Waals surface area contributed by atoms with Crippen LogP contribution in [0.3, 0.4) is 0 Å². The van der Waals surface area contributed by atoms with Gasteiger partial charge in [-0.3, -0.25) is 0 Å². The summed E-state index contributed by atoms with van der Waals surface area (Å²) in [5.41, 5.74) is 0.0304. The summed E-state index contributed by atoms with van der Waals surface area (Å²) in [4.78, 5) is 10.5. The minimum atomic E-state index is -0.381. The van der Waals surface area contributed by atoms with Gasteiger partial charge in [-0.15, -0.1) is 0 Å². The first-order chi connectivity index (χ1) is 7.22. The highest BCUT2D eigenvalue weighted by Gasteiger charge is 2.53. The van der Waals surface area contributed by atoms with Gasteiger partial charge in [0.25, 0.3) is 0 Å². The van der Waals surface area contributed by atoms with E-state index in [1.54, 1.807) is 0 Å². The van der Waals surface area contributed by atoms with Crippen LogP contribution in [-0.2, 0) is 14.3 Å². The summed E-state index contributed by atoms with van der Waals surface area (Å²) in [6.07, 6.45) is 7.01. The normalized spacial score (nSPS) is 34.5. The first kappa shape index (κ1) is 11.1. The second-order valence-corrected chi connectivity index (χ2v) is 4.92. The van der Waals surface area contributed by atoms with Gasteiger partial charge in [-0.1, -0.05) is 13.3 Å². The maximum atomic E-state index is 10.5. The number of carbonyl (C=O) groups is 1. The summed E-state index contributed by atoms with van der Waals surface area (Å²) in [7, 11) is 0. The number of ether oxygens (including phenoxy) is 2. The minimum absolute atomic E-state index is 0.0304. The number of hydrogen-bond donors (Lipinski definition) is 0. The lowest BCUT2D eigenvalue weighted by atomic mass is 9.68. The Balaban J connectivity index is 2.13. The van der Waals surface area contributed by atoms with E-state index in [4.69, 9.17) is 9.47 Å². The average molecular weight is 212 g/mol. The lowest BCUT2D eigenvalue weighted by molar-refractivity contribution is -0.252. The summed E-state index contributed by atoms with van der Waals surface area (Å²) in [6.45, 7) is 3.62. The van der Waals surface area contributed by atoms with Gasteiger partial charge in [0.15, 0.2) is 5.79 Å². The van der Waals surface area contributed by atoms with E-state index < -0.39 is 0 Å². The van der Waals surface area contributed by atoms with Crippen molar-refractivity contribution < 1.29 is 14.3 Å². The van der Waals surface area contributed by atoms with Crippen LogP contribution in [-0.4, -0.2) is 25.3 Å². The third-order valence-electron chi connectivity index (χ3n) is 3.97. The van der Waals surface area contributed by atoms with E-state index in [1.807, 2.05) is 0 Å². The molecule has 2 rings (SSSR count). The molecule has 3 heteroatoms. The fourth-order valence-corrected chi connectivity index (χ4v) is 3.01. The lowest BCUT2D eigenvalue weighted by Gasteiger charge is -2.47. The second-order valence-electron chi connectivity index (χ2n) is 4.92. The molecule has 2 fully saturated rings. The molecule has 2 aliphatic rings. The molecule has 0 radical (unpaired) electrons. The van der Waals surface area contributed by atoms with Crippen molar-refractivity contribution in [3.05, 3.63) is 0 Å². The van der Waals surface area contributed by atoms with Crippen molar-refractivity contribution in [2.24, 2.45) is 5.41 Å². The highest BCUT2D eigenvalue weighted by Crippen LogP contribution is 2.51. The monoisotopic (exact) mass is 212 g/mol. The van der Waals surface area contributed by atoms with Gasteiger partial charge >= 0.3 is 0 Å². The van der Waals surface area contributed by atoms with Gasteiger partial charge in [0, 0.05) is 18.3 Å². The zero-order chi connectivity index (χ0) is 10.8. The highest BCUT2D eigenvalue weighted by atomic mass is 16.7. The topological polar surface area (TPSA) is 35.5 Å². The Morgan fingerprint density at radius 1 is 1.20 bits per heavy atom. The molecule has 1 aliphatic heterocycles. The zero-order valence-corrected chi connectivity index (χ0v) is 9.46. The predicted molar refractivity (Wildman–Crippen MR) is 56.5 cm³/mol. The van der Waals surface area contributed by atoms with E-state index >= 15 is 0 Å². The van der Waals surface area contributed by atoms with E-state index in [0.717, 1.165) is 25.5 Å². The molecule has 1 spiro atoms. The molecule has 1 saturated carbocycles. The molecular formula is C12H20O3. The standard InChI is InChI=1S/C12H20O3/c1-11(6-4-8-13)5-2-3-7-12(11)14-9-10-15-12/h8H,2-7,9-10H2,1H3. The molecule has 1 heterocycles. The molecule has 86 valence electrons. The van der Waals surface area contributed by atoms with Crippen LogP contribution >= 0.6 is 0 Å². The molecule has 1 unspecified atom stereocenters. The van der Waals surface area contributed by atoms with E-state index in [-0.39, 0.29) is 11.2 Å². The van der Waals surface area contributed by atoms with E-state index in [2.05, 4.69) is 6.92 Å². The molecule has 1 saturated heterocycles. The summed E-state index contributed by atoms with van der Waals surface area (Å²) in [6, 6.07) is 0. The molecule has 0 amide bonds. The van der Waals surface area contributed by atoms with Crippen LogP contribution in [0, 0.1) is 5.41 Å². The van der Waals surface area contributed by atoms with Crippen molar-refractivity contribution in [3.63, 3.8) is 0 Å². The van der Waals surface area contributed by atoms with Crippen LogP contribution in [0.4, 0.5) is 0 Å². The van der Waals surface area contributed by atoms with Crippen molar-refractivity contribution in [3.8, 4) is 0 Å². The van der Waals surface area contributed by atoms with Crippen LogP contribution in [0.15, 0.2) is 0 Å². The fraction of sp³-hybridized carbons (Fsp3) is 0.917. The van der Waals surface area contributed by atoms with E-state index in [9.17, 15) is 4.79 Å². The van der Waals surface area contributed by atoms with Gasteiger partial charge in [-0.2, -0.15) is 0 Å². The number of hydrogen-bond acceptors (Lipinski definition) is 3. The second kappa shape index (κ2) is 4.22. The maximum Gasteiger partial charge on any atom is 0.173 e. The van der Waals surface area contributed by atoms with Crippen molar-refractivity contribution in [2.45, 2.75) is 51.2 Å². The first-order valence-electron chi connectivity index (χ1n) is 5.94. The highest BCUT2D eigenvalue weighted by molar-refractivity contribution is 5.49. The van der Waals surface area contributed by atoms with Crippen molar-refractivity contribution >= 4 is 6.29 Å². The zero-order valence-electron chi connectivity index (χ0n) is 9.46. The van der Waals surface area contributed by atoms with Crippen LogP contribution < -0.4 is 0 Å². The third-order valence-corrected chi connectivity index (χ3v) is 3.97. The van der Waals surface area contributed by atoms with E-state index in [1.165, 1.54) is 12.8 Å². The quantitative estimate of drug-likeness (QED) is 0.673. The summed E-state index contributed by atoms with van der Waals surface area (Å²) < 4.78 is 11.7. The van der Waals surface area contributed by atoms with Gasteiger partial charge in [0.05, 0.1) is 13.2 Å². The molecular weight excluding hydrogens is 192 g/mol. The number of carbonyl (C=O) groups excluding carboxylic acids is 1. The number of aldehydes is 1. The van der Waals surface area contributed by atoms with Crippen LogP contribution in [0.5, 0.6) is 0 Å². The predicted octanol–water partition coefficient (Wildman–Crippen LogP) is 2.29. The minimum Gasteiger partial charge on any atom is -0.347 e. The van der Waals surface area contributed by atoms with Gasteiger partial charge in [-0.25, -0.2) is 0 Å². The van der Waals surface area contributed by atoms with Gasteiger partial charge in [0.1, 0.15) is 6.29 Å². The summed E-state index contributed by atoms with van der Waals surface area (Å²) >= 11 is 0. The molecule has 1 atom stereocenters. The Morgan fingerprint density at radius 3 is 2.53 bits per heavy atom. The van der Waals surface area contributed by atoms with Crippen molar-refractivity contribution in [1.29, 1.82) is 0 Å². The smallest absolute Gasteiger partial charge is 0.173 e. The number of rotatable bonds is 3. The Hall–Kier alpha value is -0.410. The molecule has 1 aliphatic carbocycles. The molecule has 0 aromatic rings. The van der Waals surface area contributed by atoms with Gasteiger partial charge in [0.2, 0.25) is 0 Å². The molecule has 0 aromatic heterocycles. The summed E-state index contributed by atoms with van der Waals surface area (Å²) in [5, 5.41) is 0. The first-order valence-corrected chi connectivity index (χ1v) is 5.94.